The van der Waals surface area contributed by atoms with Gasteiger partial charge in [0.2, 0.25) is 0 Å². The molecule has 5 heteroatoms. The van der Waals surface area contributed by atoms with Crippen molar-refractivity contribution in [3.63, 3.8) is 0 Å². The zero-order chi connectivity index (χ0) is 13.6. The normalized spacial score (nSPS) is 24.8. The topological polar surface area (TPSA) is 15.3 Å². The second-order valence-electron chi connectivity index (χ2n) is 5.36. The van der Waals surface area contributed by atoms with Crippen LogP contribution in [0.15, 0.2) is 0 Å². The minimum atomic E-state index is -4.06. The molecule has 1 N–H and O–H groups in total. The van der Waals surface area contributed by atoms with E-state index >= 15 is 0 Å². The smallest absolute Gasteiger partial charge is 0.311 e. The summed E-state index contributed by atoms with van der Waals surface area (Å²) >= 11 is 0. The Bertz CT molecular complexity index is 231. The summed E-state index contributed by atoms with van der Waals surface area (Å²) in [5, 5.41) is 3.13. The fraction of sp³-hybridized carbons (Fsp3) is 1.00. The van der Waals surface area contributed by atoms with Gasteiger partial charge in [0, 0.05) is 12.1 Å². The Morgan fingerprint density at radius 2 is 2.00 bits per heavy atom. The predicted octanol–water partition coefficient (Wildman–Crippen LogP) is 3.18. The number of nitrogens with zero attached hydrogens (tertiary/aromatic N) is 1. The summed E-state index contributed by atoms with van der Waals surface area (Å²) < 4.78 is 36.8. The van der Waals surface area contributed by atoms with Gasteiger partial charge in [-0.05, 0) is 52.2 Å². The fourth-order valence-corrected chi connectivity index (χ4v) is 2.67. The van der Waals surface area contributed by atoms with Crippen molar-refractivity contribution in [1.82, 2.24) is 10.2 Å². The van der Waals surface area contributed by atoms with Crippen molar-refractivity contribution in [2.24, 2.45) is 0 Å². The van der Waals surface area contributed by atoms with E-state index in [9.17, 15) is 13.2 Å². The van der Waals surface area contributed by atoms with Crippen LogP contribution in [0.1, 0.15) is 46.0 Å². The highest BCUT2D eigenvalue weighted by Crippen LogP contribution is 2.22. The lowest BCUT2D eigenvalue weighted by Gasteiger charge is -2.23. The third-order valence-electron chi connectivity index (χ3n) is 3.42. The van der Waals surface area contributed by atoms with Gasteiger partial charge in [-0.3, -0.25) is 0 Å². The molecule has 1 aliphatic rings. The van der Waals surface area contributed by atoms with Crippen LogP contribution in [0.25, 0.3) is 0 Å². The third-order valence-corrected chi connectivity index (χ3v) is 3.42. The number of alkyl halides is 3. The van der Waals surface area contributed by atoms with E-state index in [4.69, 9.17) is 0 Å². The van der Waals surface area contributed by atoms with E-state index in [1.807, 2.05) is 0 Å². The van der Waals surface area contributed by atoms with Crippen LogP contribution in [0.4, 0.5) is 13.2 Å². The summed E-state index contributed by atoms with van der Waals surface area (Å²) in [6.45, 7) is 6.98. The zero-order valence-corrected chi connectivity index (χ0v) is 11.4. The lowest BCUT2D eigenvalue weighted by molar-refractivity contribution is -0.139. The Hall–Kier alpha value is -0.290. The maximum absolute atomic E-state index is 12.3. The molecule has 2 unspecified atom stereocenters. The third kappa shape index (κ3) is 6.59. The molecule has 108 valence electrons. The Balaban J connectivity index is 2.30. The highest BCUT2D eigenvalue weighted by Gasteiger charge is 2.30. The molecule has 0 aliphatic carbocycles. The number of rotatable bonds is 5. The van der Waals surface area contributed by atoms with Gasteiger partial charge in [-0.15, -0.1) is 0 Å². The Morgan fingerprint density at radius 1 is 1.28 bits per heavy atom. The van der Waals surface area contributed by atoms with Gasteiger partial charge in [0.25, 0.3) is 0 Å². The summed E-state index contributed by atoms with van der Waals surface area (Å²) in [4.78, 5) is 2.41. The van der Waals surface area contributed by atoms with Crippen molar-refractivity contribution >= 4 is 0 Å². The van der Waals surface area contributed by atoms with E-state index in [-0.39, 0.29) is 6.04 Å². The molecule has 0 spiro atoms. The van der Waals surface area contributed by atoms with Crippen LogP contribution in [-0.2, 0) is 0 Å². The van der Waals surface area contributed by atoms with Crippen LogP contribution in [0.3, 0.4) is 0 Å². The minimum Gasteiger partial charge on any atom is -0.311 e. The van der Waals surface area contributed by atoms with Gasteiger partial charge in [-0.25, -0.2) is 0 Å². The average Bonchev–Trinajstić information content (AvgIpc) is 2.42. The molecule has 0 saturated carbocycles. The Morgan fingerprint density at radius 3 is 2.61 bits per heavy atom. The quantitative estimate of drug-likeness (QED) is 0.822. The average molecular weight is 266 g/mol. The van der Waals surface area contributed by atoms with Crippen LogP contribution < -0.4 is 5.32 Å². The molecule has 2 atom stereocenters. The van der Waals surface area contributed by atoms with Crippen LogP contribution in [0.2, 0.25) is 0 Å². The van der Waals surface area contributed by atoms with Crippen LogP contribution in [0.5, 0.6) is 0 Å². The van der Waals surface area contributed by atoms with E-state index in [1.54, 1.807) is 6.92 Å². The van der Waals surface area contributed by atoms with Gasteiger partial charge < -0.3 is 10.2 Å². The van der Waals surface area contributed by atoms with Crippen molar-refractivity contribution in [2.45, 2.75) is 64.2 Å². The van der Waals surface area contributed by atoms with E-state index in [0.717, 1.165) is 45.3 Å². The highest BCUT2D eigenvalue weighted by atomic mass is 19.4. The van der Waals surface area contributed by atoms with E-state index in [1.165, 1.54) is 0 Å². The van der Waals surface area contributed by atoms with Crippen molar-refractivity contribution < 1.29 is 13.2 Å². The maximum Gasteiger partial charge on any atom is 0.390 e. The lowest BCUT2D eigenvalue weighted by Crippen LogP contribution is -2.39. The molecule has 1 fully saturated rings. The van der Waals surface area contributed by atoms with Crippen molar-refractivity contribution in [1.29, 1.82) is 0 Å². The van der Waals surface area contributed by atoms with Crippen molar-refractivity contribution in [3.05, 3.63) is 0 Å². The molecule has 0 aromatic rings. The maximum atomic E-state index is 12.3. The van der Waals surface area contributed by atoms with E-state index in [0.29, 0.717) is 0 Å². The van der Waals surface area contributed by atoms with Gasteiger partial charge in [0.1, 0.15) is 0 Å². The molecule has 2 nitrogen and oxygen atoms in total. The van der Waals surface area contributed by atoms with Crippen molar-refractivity contribution in [3.8, 4) is 0 Å². The van der Waals surface area contributed by atoms with Gasteiger partial charge >= 0.3 is 6.18 Å². The molecule has 0 aromatic carbocycles. The number of hydrogen-bond donors (Lipinski definition) is 1. The van der Waals surface area contributed by atoms with Crippen LogP contribution >= 0.6 is 0 Å². The van der Waals surface area contributed by atoms with E-state index in [2.05, 4.69) is 17.1 Å². The number of halogens is 3. The standard InChI is InChI=1S/C13H25F3N2/c1-3-7-18-8-4-5-12(6-9-18)17-11(2)10-13(14,15)16/h11-12,17H,3-10H2,1-2H3. The predicted molar refractivity (Wildman–Crippen MR) is 67.6 cm³/mol. The molecule has 1 heterocycles. The summed E-state index contributed by atoms with van der Waals surface area (Å²) in [5.41, 5.74) is 0. The van der Waals surface area contributed by atoms with E-state index < -0.39 is 18.6 Å². The Labute approximate surface area is 108 Å². The summed E-state index contributed by atoms with van der Waals surface area (Å²) in [7, 11) is 0. The van der Waals surface area contributed by atoms with Crippen molar-refractivity contribution in [2.75, 3.05) is 19.6 Å². The highest BCUT2D eigenvalue weighted by molar-refractivity contribution is 4.78. The molecule has 0 bridgehead atoms. The van der Waals surface area contributed by atoms with Gasteiger partial charge in [0.05, 0.1) is 6.42 Å². The number of likely N-dealkylation sites (tertiary alicyclic amines) is 1. The molecule has 0 radical (unpaired) electrons. The second kappa shape index (κ2) is 7.34. The van der Waals surface area contributed by atoms with Crippen LogP contribution in [-0.4, -0.2) is 42.8 Å². The molecular formula is C13H25F3N2. The molecule has 1 aliphatic heterocycles. The second-order valence-corrected chi connectivity index (χ2v) is 5.36. The Kier molecular flexibility index (Phi) is 6.43. The van der Waals surface area contributed by atoms with Gasteiger partial charge in [-0.1, -0.05) is 6.92 Å². The first kappa shape index (κ1) is 15.8. The first-order chi connectivity index (χ1) is 8.40. The molecule has 0 amide bonds. The minimum absolute atomic E-state index is 0.240. The first-order valence-electron chi connectivity index (χ1n) is 6.96. The summed E-state index contributed by atoms with van der Waals surface area (Å²) in [6, 6.07) is -0.239. The fourth-order valence-electron chi connectivity index (χ4n) is 2.67. The molecular weight excluding hydrogens is 241 g/mol. The molecule has 18 heavy (non-hydrogen) atoms. The van der Waals surface area contributed by atoms with Gasteiger partial charge in [0.15, 0.2) is 0 Å². The first-order valence-corrected chi connectivity index (χ1v) is 6.96. The molecule has 1 saturated heterocycles. The monoisotopic (exact) mass is 266 g/mol. The summed E-state index contributed by atoms with van der Waals surface area (Å²) in [6.07, 6.45) is -0.628. The number of nitrogens with one attached hydrogen (secondary N) is 1. The molecule has 0 aromatic heterocycles. The zero-order valence-electron chi connectivity index (χ0n) is 11.4. The largest absolute Gasteiger partial charge is 0.390 e. The van der Waals surface area contributed by atoms with Crippen LogP contribution in [0, 0.1) is 0 Å². The number of hydrogen-bond acceptors (Lipinski definition) is 2. The van der Waals surface area contributed by atoms with Gasteiger partial charge in [-0.2, -0.15) is 13.2 Å². The molecule has 1 rings (SSSR count). The SMILES string of the molecule is CCCN1CCCC(NC(C)CC(F)(F)F)CC1. The summed E-state index contributed by atoms with van der Waals surface area (Å²) in [5.74, 6) is 0. The lowest BCUT2D eigenvalue weighted by atomic mass is 10.1.